The SMILES string of the molecule is CC(C)(C)C1CCCC1.CCC(CC)C(C)(C)C. The molecule has 0 bridgehead atoms. The van der Waals surface area contributed by atoms with E-state index in [1.165, 1.54) is 38.5 Å². The maximum atomic E-state index is 2.36. The van der Waals surface area contributed by atoms with Crippen LogP contribution in [0.2, 0.25) is 0 Å². The van der Waals surface area contributed by atoms with Gasteiger partial charge in [-0.2, -0.15) is 0 Å². The zero-order valence-electron chi connectivity index (χ0n) is 14.4. The van der Waals surface area contributed by atoms with E-state index in [0.29, 0.717) is 10.8 Å². The molecule has 0 aromatic heterocycles. The highest BCUT2D eigenvalue weighted by molar-refractivity contribution is 4.78. The van der Waals surface area contributed by atoms with Gasteiger partial charge in [-0.15, -0.1) is 0 Å². The van der Waals surface area contributed by atoms with Gasteiger partial charge in [-0.1, -0.05) is 81.1 Å². The monoisotopic (exact) mass is 254 g/mol. The molecule has 0 aromatic carbocycles. The van der Waals surface area contributed by atoms with E-state index < -0.39 is 0 Å². The molecule has 0 aromatic rings. The number of hydrogen-bond donors (Lipinski definition) is 0. The molecule has 0 unspecified atom stereocenters. The minimum Gasteiger partial charge on any atom is -0.0651 e. The van der Waals surface area contributed by atoms with Crippen molar-refractivity contribution in [2.24, 2.45) is 22.7 Å². The van der Waals surface area contributed by atoms with Crippen molar-refractivity contribution in [3.63, 3.8) is 0 Å². The van der Waals surface area contributed by atoms with Crippen LogP contribution in [0, 0.1) is 22.7 Å². The van der Waals surface area contributed by atoms with Gasteiger partial charge in [0, 0.05) is 0 Å². The van der Waals surface area contributed by atoms with Gasteiger partial charge in [0.05, 0.1) is 0 Å². The van der Waals surface area contributed by atoms with E-state index in [9.17, 15) is 0 Å². The lowest BCUT2D eigenvalue weighted by molar-refractivity contribution is 0.226. The smallest absolute Gasteiger partial charge is 0.0354 e. The molecular formula is C18H38. The average molecular weight is 255 g/mol. The number of hydrogen-bond acceptors (Lipinski definition) is 0. The third-order valence-corrected chi connectivity index (χ3v) is 4.79. The molecule has 0 radical (unpaired) electrons. The van der Waals surface area contributed by atoms with Crippen molar-refractivity contribution in [2.45, 2.75) is 93.9 Å². The van der Waals surface area contributed by atoms with Crippen molar-refractivity contribution in [2.75, 3.05) is 0 Å². The van der Waals surface area contributed by atoms with E-state index in [1.54, 1.807) is 0 Å². The van der Waals surface area contributed by atoms with Gasteiger partial charge in [-0.25, -0.2) is 0 Å². The van der Waals surface area contributed by atoms with Crippen molar-refractivity contribution in [1.82, 2.24) is 0 Å². The lowest BCUT2D eigenvalue weighted by Gasteiger charge is -2.28. The molecule has 1 saturated carbocycles. The van der Waals surface area contributed by atoms with E-state index in [2.05, 4.69) is 55.4 Å². The Morgan fingerprint density at radius 3 is 1.33 bits per heavy atom. The second-order valence-corrected chi connectivity index (χ2v) is 8.23. The minimum absolute atomic E-state index is 0.517. The van der Waals surface area contributed by atoms with Gasteiger partial charge in [0.1, 0.15) is 0 Å². The fraction of sp³-hybridized carbons (Fsp3) is 1.00. The predicted octanol–water partition coefficient (Wildman–Crippen LogP) is 6.69. The van der Waals surface area contributed by atoms with E-state index in [4.69, 9.17) is 0 Å². The first kappa shape index (κ1) is 18.0. The summed E-state index contributed by atoms with van der Waals surface area (Å²) in [4.78, 5) is 0. The molecule has 0 atom stereocenters. The normalized spacial score (nSPS) is 17.8. The van der Waals surface area contributed by atoms with E-state index in [0.717, 1.165) is 11.8 Å². The van der Waals surface area contributed by atoms with Crippen molar-refractivity contribution >= 4 is 0 Å². The lowest BCUT2D eigenvalue weighted by Crippen LogP contribution is -2.18. The highest BCUT2D eigenvalue weighted by Crippen LogP contribution is 2.38. The molecule has 1 aliphatic carbocycles. The standard InChI is InChI=1S/C9H18.C9H20/c1-9(2,3)8-6-4-5-7-8;1-6-8(7-2)9(3,4)5/h8H,4-7H2,1-3H3;8H,6-7H2,1-5H3. The van der Waals surface area contributed by atoms with E-state index >= 15 is 0 Å². The largest absolute Gasteiger partial charge is 0.0651 e. The van der Waals surface area contributed by atoms with Crippen LogP contribution in [0.15, 0.2) is 0 Å². The van der Waals surface area contributed by atoms with Crippen LogP contribution in [-0.4, -0.2) is 0 Å². The second-order valence-electron chi connectivity index (χ2n) is 8.23. The Morgan fingerprint density at radius 1 is 0.833 bits per heavy atom. The molecule has 0 spiro atoms. The average Bonchev–Trinajstić information content (AvgIpc) is 2.69. The third-order valence-electron chi connectivity index (χ3n) is 4.79. The topological polar surface area (TPSA) is 0 Å². The van der Waals surface area contributed by atoms with Crippen LogP contribution in [0.4, 0.5) is 0 Å². The third kappa shape index (κ3) is 6.81. The van der Waals surface area contributed by atoms with Crippen LogP contribution in [0.5, 0.6) is 0 Å². The lowest BCUT2D eigenvalue weighted by atomic mass is 9.78. The summed E-state index contributed by atoms with van der Waals surface area (Å²) >= 11 is 0. The van der Waals surface area contributed by atoms with Gasteiger partial charge >= 0.3 is 0 Å². The molecule has 0 aliphatic heterocycles. The molecule has 0 heteroatoms. The highest BCUT2D eigenvalue weighted by atomic mass is 14.3. The van der Waals surface area contributed by atoms with Gasteiger partial charge in [0.2, 0.25) is 0 Å². The second kappa shape index (κ2) is 7.56. The Balaban J connectivity index is 0.000000321. The quantitative estimate of drug-likeness (QED) is 0.515. The molecule has 0 heterocycles. The van der Waals surface area contributed by atoms with Gasteiger partial charge in [-0.05, 0) is 35.5 Å². The Bertz CT molecular complexity index is 179. The number of rotatable bonds is 2. The zero-order valence-corrected chi connectivity index (χ0v) is 14.4. The van der Waals surface area contributed by atoms with Gasteiger partial charge in [-0.3, -0.25) is 0 Å². The first-order valence-electron chi connectivity index (χ1n) is 8.12. The van der Waals surface area contributed by atoms with E-state index in [-0.39, 0.29) is 0 Å². The predicted molar refractivity (Wildman–Crippen MR) is 84.9 cm³/mol. The molecule has 18 heavy (non-hydrogen) atoms. The maximum Gasteiger partial charge on any atom is -0.0354 e. The summed E-state index contributed by atoms with van der Waals surface area (Å²) in [5.41, 5.74) is 1.10. The Morgan fingerprint density at radius 2 is 1.22 bits per heavy atom. The van der Waals surface area contributed by atoms with E-state index in [1.807, 2.05) is 0 Å². The summed E-state index contributed by atoms with van der Waals surface area (Å²) in [6.07, 6.45) is 8.54. The highest BCUT2D eigenvalue weighted by Gasteiger charge is 2.26. The molecule has 0 nitrogen and oxygen atoms in total. The fourth-order valence-corrected chi connectivity index (χ4v) is 3.31. The zero-order chi connectivity index (χ0) is 14.4. The first-order valence-corrected chi connectivity index (χ1v) is 8.12. The Kier molecular flexibility index (Phi) is 7.56. The first-order chi connectivity index (χ1) is 8.12. The Hall–Kier alpha value is 0. The minimum atomic E-state index is 0.517. The molecule has 0 N–H and O–H groups in total. The summed E-state index contributed by atoms with van der Waals surface area (Å²) in [6, 6.07) is 0. The van der Waals surface area contributed by atoms with Crippen LogP contribution in [0.3, 0.4) is 0 Å². The summed E-state index contributed by atoms with van der Waals surface area (Å²) in [6.45, 7) is 18.6. The molecular weight excluding hydrogens is 216 g/mol. The van der Waals surface area contributed by atoms with Crippen molar-refractivity contribution in [3.8, 4) is 0 Å². The molecule has 0 saturated heterocycles. The van der Waals surface area contributed by atoms with Gasteiger partial charge in [0.25, 0.3) is 0 Å². The van der Waals surface area contributed by atoms with Crippen LogP contribution in [0.1, 0.15) is 93.9 Å². The summed E-state index contributed by atoms with van der Waals surface area (Å²) < 4.78 is 0. The molecule has 1 fully saturated rings. The van der Waals surface area contributed by atoms with Gasteiger partial charge in [0.15, 0.2) is 0 Å². The van der Waals surface area contributed by atoms with Crippen LogP contribution >= 0.6 is 0 Å². The molecule has 110 valence electrons. The van der Waals surface area contributed by atoms with Gasteiger partial charge < -0.3 is 0 Å². The molecule has 1 aliphatic rings. The van der Waals surface area contributed by atoms with Crippen molar-refractivity contribution in [1.29, 1.82) is 0 Å². The Labute approximate surface area is 117 Å². The van der Waals surface area contributed by atoms with Crippen LogP contribution < -0.4 is 0 Å². The molecule has 0 amide bonds. The molecule has 1 rings (SSSR count). The van der Waals surface area contributed by atoms with Crippen molar-refractivity contribution in [3.05, 3.63) is 0 Å². The van der Waals surface area contributed by atoms with Crippen LogP contribution in [-0.2, 0) is 0 Å². The van der Waals surface area contributed by atoms with Crippen molar-refractivity contribution < 1.29 is 0 Å². The summed E-state index contributed by atoms with van der Waals surface area (Å²) in [7, 11) is 0. The summed E-state index contributed by atoms with van der Waals surface area (Å²) in [5, 5.41) is 0. The fourth-order valence-electron chi connectivity index (χ4n) is 3.31. The maximum absolute atomic E-state index is 2.36. The summed E-state index contributed by atoms with van der Waals surface area (Å²) in [5.74, 6) is 1.91. The van der Waals surface area contributed by atoms with Crippen LogP contribution in [0.25, 0.3) is 0 Å².